The predicted molar refractivity (Wildman–Crippen MR) is 38.4 cm³/mol. The Balaban J connectivity index is 2.57. The standard InChI is InChI=1S/C6H13N3O/c1-7-4-8(2)6(10)9(3)5-7/h4-5H2,1-3H3. The highest BCUT2D eigenvalue weighted by Crippen LogP contribution is 2.02. The lowest BCUT2D eigenvalue weighted by molar-refractivity contribution is 0.0719. The van der Waals surface area contributed by atoms with Gasteiger partial charge in [-0.15, -0.1) is 0 Å². The first-order chi connectivity index (χ1) is 4.61. The highest BCUT2D eigenvalue weighted by molar-refractivity contribution is 5.74. The topological polar surface area (TPSA) is 26.8 Å². The van der Waals surface area contributed by atoms with Crippen molar-refractivity contribution in [2.45, 2.75) is 0 Å². The van der Waals surface area contributed by atoms with Gasteiger partial charge in [0.15, 0.2) is 0 Å². The fourth-order valence-corrected chi connectivity index (χ4v) is 1.18. The molecule has 1 fully saturated rings. The number of urea groups is 1. The molecule has 58 valence electrons. The van der Waals surface area contributed by atoms with Crippen molar-refractivity contribution in [2.75, 3.05) is 34.5 Å². The minimum absolute atomic E-state index is 0.0955. The van der Waals surface area contributed by atoms with E-state index in [1.165, 1.54) is 0 Å². The van der Waals surface area contributed by atoms with Crippen LogP contribution in [0.25, 0.3) is 0 Å². The number of carbonyl (C=O) groups excluding carboxylic acids is 1. The van der Waals surface area contributed by atoms with Crippen molar-refractivity contribution in [3.63, 3.8) is 0 Å². The summed E-state index contributed by atoms with van der Waals surface area (Å²) in [6, 6.07) is 0.0955. The molecule has 1 aliphatic heterocycles. The SMILES string of the molecule is CN1CN(C)C(=O)N(C)C1. The van der Waals surface area contributed by atoms with E-state index in [4.69, 9.17) is 0 Å². The molecule has 0 saturated carbocycles. The van der Waals surface area contributed by atoms with Gasteiger partial charge in [0, 0.05) is 14.1 Å². The van der Waals surface area contributed by atoms with Gasteiger partial charge in [-0.2, -0.15) is 0 Å². The molecule has 0 N–H and O–H groups in total. The van der Waals surface area contributed by atoms with Gasteiger partial charge in [0.05, 0.1) is 13.3 Å². The van der Waals surface area contributed by atoms with Crippen LogP contribution in [0.15, 0.2) is 0 Å². The third-order valence-corrected chi connectivity index (χ3v) is 1.56. The van der Waals surface area contributed by atoms with Gasteiger partial charge in [-0.1, -0.05) is 0 Å². The molecule has 4 heteroatoms. The summed E-state index contributed by atoms with van der Waals surface area (Å²) in [5.41, 5.74) is 0. The summed E-state index contributed by atoms with van der Waals surface area (Å²) < 4.78 is 0. The second-order valence-corrected chi connectivity index (χ2v) is 2.82. The molecular formula is C6H13N3O. The Morgan fingerprint density at radius 3 is 1.90 bits per heavy atom. The first kappa shape index (κ1) is 7.34. The maximum absolute atomic E-state index is 11.1. The molecule has 1 rings (SSSR count). The smallest absolute Gasteiger partial charge is 0.315 e. The van der Waals surface area contributed by atoms with Crippen molar-refractivity contribution < 1.29 is 4.79 Å². The van der Waals surface area contributed by atoms with Crippen molar-refractivity contribution in [3.8, 4) is 0 Å². The zero-order valence-electron chi connectivity index (χ0n) is 6.66. The maximum atomic E-state index is 11.1. The number of nitrogens with zero attached hydrogens (tertiary/aromatic N) is 3. The number of rotatable bonds is 0. The van der Waals surface area contributed by atoms with E-state index in [1.807, 2.05) is 7.05 Å². The van der Waals surface area contributed by atoms with Gasteiger partial charge in [-0.05, 0) is 7.05 Å². The van der Waals surface area contributed by atoms with Gasteiger partial charge in [0.1, 0.15) is 0 Å². The molecule has 0 aliphatic carbocycles. The summed E-state index contributed by atoms with van der Waals surface area (Å²) in [7, 11) is 5.59. The van der Waals surface area contributed by atoms with Gasteiger partial charge in [0.25, 0.3) is 0 Å². The second kappa shape index (κ2) is 2.46. The molecule has 0 radical (unpaired) electrons. The number of hydrogen-bond donors (Lipinski definition) is 0. The molecule has 0 atom stereocenters. The average molecular weight is 143 g/mol. The maximum Gasteiger partial charge on any atom is 0.321 e. The van der Waals surface area contributed by atoms with Gasteiger partial charge in [-0.25, -0.2) is 4.79 Å². The number of hydrogen-bond acceptors (Lipinski definition) is 2. The van der Waals surface area contributed by atoms with E-state index < -0.39 is 0 Å². The van der Waals surface area contributed by atoms with Crippen molar-refractivity contribution in [1.82, 2.24) is 14.7 Å². The quantitative estimate of drug-likeness (QED) is 0.470. The molecular weight excluding hydrogens is 130 g/mol. The molecule has 4 nitrogen and oxygen atoms in total. The highest BCUT2D eigenvalue weighted by atomic mass is 16.2. The largest absolute Gasteiger partial charge is 0.321 e. The number of carbonyl (C=O) groups is 1. The summed E-state index contributed by atoms with van der Waals surface area (Å²) in [4.78, 5) is 16.5. The fraction of sp³-hybridized carbons (Fsp3) is 0.833. The van der Waals surface area contributed by atoms with E-state index in [0.717, 1.165) is 13.3 Å². The van der Waals surface area contributed by atoms with Crippen LogP contribution in [0.3, 0.4) is 0 Å². The van der Waals surface area contributed by atoms with Crippen LogP contribution in [-0.4, -0.2) is 55.2 Å². The van der Waals surface area contributed by atoms with Crippen LogP contribution in [0.4, 0.5) is 4.79 Å². The Hall–Kier alpha value is -0.770. The first-order valence-electron chi connectivity index (χ1n) is 3.26. The summed E-state index contributed by atoms with van der Waals surface area (Å²) in [5.74, 6) is 0. The molecule has 0 unspecified atom stereocenters. The minimum Gasteiger partial charge on any atom is -0.315 e. The van der Waals surface area contributed by atoms with E-state index in [0.29, 0.717) is 0 Å². The lowest BCUT2D eigenvalue weighted by atomic mass is 10.5. The van der Waals surface area contributed by atoms with Crippen LogP contribution >= 0.6 is 0 Å². The first-order valence-corrected chi connectivity index (χ1v) is 3.26. The molecule has 0 aromatic rings. The Morgan fingerprint density at radius 2 is 1.50 bits per heavy atom. The lowest BCUT2D eigenvalue weighted by Gasteiger charge is -2.36. The summed E-state index contributed by atoms with van der Waals surface area (Å²) in [6.07, 6.45) is 0. The van der Waals surface area contributed by atoms with Crippen molar-refractivity contribution >= 4 is 6.03 Å². The fourth-order valence-electron chi connectivity index (χ4n) is 1.18. The second-order valence-electron chi connectivity index (χ2n) is 2.82. The third kappa shape index (κ3) is 1.21. The zero-order valence-corrected chi connectivity index (χ0v) is 6.66. The average Bonchev–Trinajstić information content (AvgIpc) is 1.82. The van der Waals surface area contributed by atoms with E-state index in [-0.39, 0.29) is 6.03 Å². The molecule has 0 bridgehead atoms. The van der Waals surface area contributed by atoms with Gasteiger partial charge in [0.2, 0.25) is 0 Å². The molecule has 2 amide bonds. The van der Waals surface area contributed by atoms with Gasteiger partial charge < -0.3 is 9.80 Å². The molecule has 1 saturated heterocycles. The van der Waals surface area contributed by atoms with E-state index >= 15 is 0 Å². The molecule has 10 heavy (non-hydrogen) atoms. The van der Waals surface area contributed by atoms with Crippen LogP contribution in [0.1, 0.15) is 0 Å². The molecule has 0 aromatic heterocycles. The molecule has 0 spiro atoms. The van der Waals surface area contributed by atoms with Crippen molar-refractivity contribution in [1.29, 1.82) is 0 Å². The Labute approximate surface area is 61.0 Å². The Morgan fingerprint density at radius 1 is 1.10 bits per heavy atom. The van der Waals surface area contributed by atoms with E-state index in [2.05, 4.69) is 4.90 Å². The Kier molecular flexibility index (Phi) is 1.80. The summed E-state index contributed by atoms with van der Waals surface area (Å²) in [6.45, 7) is 1.45. The van der Waals surface area contributed by atoms with Crippen LogP contribution in [0.5, 0.6) is 0 Å². The normalized spacial score (nSPS) is 22.1. The monoisotopic (exact) mass is 143 g/mol. The third-order valence-electron chi connectivity index (χ3n) is 1.56. The van der Waals surface area contributed by atoms with Crippen LogP contribution in [-0.2, 0) is 0 Å². The van der Waals surface area contributed by atoms with Gasteiger partial charge in [-0.3, -0.25) is 4.90 Å². The molecule has 1 aliphatic rings. The van der Waals surface area contributed by atoms with E-state index in [9.17, 15) is 4.79 Å². The summed E-state index contributed by atoms with van der Waals surface area (Å²) >= 11 is 0. The van der Waals surface area contributed by atoms with Crippen LogP contribution in [0, 0.1) is 0 Å². The van der Waals surface area contributed by atoms with Gasteiger partial charge >= 0.3 is 6.03 Å². The Bertz CT molecular complexity index is 134. The predicted octanol–water partition coefficient (Wildman–Crippen LogP) is -0.170. The van der Waals surface area contributed by atoms with Crippen LogP contribution in [0.2, 0.25) is 0 Å². The van der Waals surface area contributed by atoms with Crippen molar-refractivity contribution in [3.05, 3.63) is 0 Å². The minimum atomic E-state index is 0.0955. The molecule has 1 heterocycles. The number of amides is 2. The zero-order chi connectivity index (χ0) is 7.72. The van der Waals surface area contributed by atoms with E-state index in [1.54, 1.807) is 23.9 Å². The van der Waals surface area contributed by atoms with Crippen molar-refractivity contribution in [2.24, 2.45) is 0 Å². The lowest BCUT2D eigenvalue weighted by Crippen LogP contribution is -2.53. The summed E-state index contributed by atoms with van der Waals surface area (Å²) in [5, 5.41) is 0. The molecule has 0 aromatic carbocycles. The van der Waals surface area contributed by atoms with Crippen LogP contribution < -0.4 is 0 Å². The highest BCUT2D eigenvalue weighted by Gasteiger charge is 2.21.